The summed E-state index contributed by atoms with van der Waals surface area (Å²) in [5.74, 6) is 1.98. The molecule has 208 valence electrons. The summed E-state index contributed by atoms with van der Waals surface area (Å²) in [6, 6.07) is 10.00. The first-order chi connectivity index (χ1) is 18.2. The third kappa shape index (κ3) is 11.6. The predicted octanol–water partition coefficient (Wildman–Crippen LogP) is 9.45. The quantitative estimate of drug-likeness (QED) is 0.192. The molecule has 0 saturated heterocycles. The second-order valence-corrected chi connectivity index (χ2v) is 14.0. The zero-order chi connectivity index (χ0) is 26.1. The Morgan fingerprint density at radius 2 is 1.43 bits per heavy atom. The summed E-state index contributed by atoms with van der Waals surface area (Å²) in [5, 5.41) is 0. The molecule has 1 aromatic heterocycles. The Balaban J connectivity index is 0.000000236. The van der Waals surface area contributed by atoms with Gasteiger partial charge in [0.1, 0.15) is 0 Å². The van der Waals surface area contributed by atoms with Gasteiger partial charge >= 0.3 is 6.03 Å². The van der Waals surface area contributed by atoms with Crippen molar-refractivity contribution in [3.63, 3.8) is 0 Å². The highest BCUT2D eigenvalue weighted by Gasteiger charge is 2.30. The van der Waals surface area contributed by atoms with Gasteiger partial charge in [0.15, 0.2) is 4.34 Å². The van der Waals surface area contributed by atoms with Crippen LogP contribution in [0, 0.1) is 0 Å². The van der Waals surface area contributed by atoms with Gasteiger partial charge in [-0.2, -0.15) is 0 Å². The van der Waals surface area contributed by atoms with E-state index in [1.54, 1.807) is 0 Å². The van der Waals surface area contributed by atoms with Gasteiger partial charge < -0.3 is 0 Å². The second kappa shape index (κ2) is 18.6. The standard InChI is InChI=1S/C19H26N2S2.C9H20N2OS2/c1-3-9-15(10-4-1)21(16-11-5-2-6-12-16)23-19-20-17-13-7-8-14-18(17)22-19;1-3-5-7-13-10-9(12)11-14-8-6-4-2/h7-8,13-16H,1-6,9-12H2;3-8H2,1-2H3,(H2,10,11,12). The molecule has 1 aromatic carbocycles. The van der Waals surface area contributed by atoms with E-state index in [2.05, 4.69) is 51.9 Å². The molecule has 2 saturated carbocycles. The van der Waals surface area contributed by atoms with Crippen LogP contribution in [-0.4, -0.2) is 38.9 Å². The Labute approximate surface area is 241 Å². The maximum Gasteiger partial charge on any atom is 0.334 e. The summed E-state index contributed by atoms with van der Waals surface area (Å²) >= 11 is 6.78. The molecule has 5 nitrogen and oxygen atoms in total. The van der Waals surface area contributed by atoms with Crippen LogP contribution in [0.5, 0.6) is 0 Å². The maximum absolute atomic E-state index is 11.1. The van der Waals surface area contributed by atoms with Crippen LogP contribution in [0.25, 0.3) is 10.2 Å². The molecule has 0 radical (unpaired) electrons. The van der Waals surface area contributed by atoms with Crippen LogP contribution >= 0.6 is 47.2 Å². The number of carbonyl (C=O) groups is 1. The van der Waals surface area contributed by atoms with Crippen molar-refractivity contribution in [2.45, 2.75) is 120 Å². The molecule has 2 amide bonds. The zero-order valence-corrected chi connectivity index (χ0v) is 26.0. The lowest BCUT2D eigenvalue weighted by Crippen LogP contribution is -2.40. The summed E-state index contributed by atoms with van der Waals surface area (Å²) in [7, 11) is 0. The molecule has 0 unspecified atom stereocenters. The molecular weight excluding hydrogens is 537 g/mol. The molecule has 1 heterocycles. The van der Waals surface area contributed by atoms with Crippen LogP contribution in [-0.2, 0) is 0 Å². The molecule has 0 atom stereocenters. The predicted molar refractivity (Wildman–Crippen MR) is 167 cm³/mol. The number of fused-ring (bicyclic) bond motifs is 1. The van der Waals surface area contributed by atoms with Crippen molar-refractivity contribution < 1.29 is 4.79 Å². The molecule has 4 rings (SSSR count). The molecule has 0 spiro atoms. The van der Waals surface area contributed by atoms with Gasteiger partial charge in [0.2, 0.25) is 0 Å². The van der Waals surface area contributed by atoms with E-state index in [0.29, 0.717) is 0 Å². The van der Waals surface area contributed by atoms with Gasteiger partial charge in [-0.15, -0.1) is 11.3 Å². The minimum atomic E-state index is -0.0905. The highest BCUT2D eigenvalue weighted by Crippen LogP contribution is 2.40. The summed E-state index contributed by atoms with van der Waals surface area (Å²) in [6.45, 7) is 4.28. The Hall–Kier alpha value is -0.610. The van der Waals surface area contributed by atoms with Crippen LogP contribution in [0.4, 0.5) is 4.79 Å². The SMILES string of the molecule is CCCCSNC(=O)NSCCCC.c1ccc2sc(SN(C3CCCCC3)C3CCCCC3)nc2c1. The monoisotopic (exact) mass is 582 g/mol. The Kier molecular flexibility index (Phi) is 15.6. The van der Waals surface area contributed by atoms with Crippen LogP contribution in [0.2, 0.25) is 0 Å². The molecule has 9 heteroatoms. The van der Waals surface area contributed by atoms with E-state index in [1.807, 2.05) is 23.3 Å². The fourth-order valence-electron chi connectivity index (χ4n) is 4.79. The van der Waals surface area contributed by atoms with E-state index in [-0.39, 0.29) is 6.03 Å². The van der Waals surface area contributed by atoms with E-state index < -0.39 is 0 Å². The topological polar surface area (TPSA) is 57.3 Å². The Morgan fingerprint density at radius 1 is 0.892 bits per heavy atom. The molecule has 0 bridgehead atoms. The lowest BCUT2D eigenvalue weighted by atomic mass is 9.91. The van der Waals surface area contributed by atoms with Gasteiger partial charge in [0.05, 0.1) is 10.2 Å². The largest absolute Gasteiger partial charge is 0.334 e. The normalized spacial score (nSPS) is 16.9. The van der Waals surface area contributed by atoms with E-state index in [1.165, 1.54) is 110 Å². The van der Waals surface area contributed by atoms with Crippen LogP contribution in [0.3, 0.4) is 0 Å². The van der Waals surface area contributed by atoms with Crippen molar-refractivity contribution in [1.82, 2.24) is 18.7 Å². The van der Waals surface area contributed by atoms with Gasteiger partial charge in [0.25, 0.3) is 0 Å². The van der Waals surface area contributed by atoms with Crippen LogP contribution in [0.1, 0.15) is 104 Å². The lowest BCUT2D eigenvalue weighted by Gasteiger charge is -2.40. The van der Waals surface area contributed by atoms with Gasteiger partial charge in [-0.1, -0.05) is 77.3 Å². The van der Waals surface area contributed by atoms with Crippen molar-refractivity contribution in [3.05, 3.63) is 24.3 Å². The molecular formula is C28H46N4OS4. The number of hydrogen-bond acceptors (Lipinski definition) is 7. The van der Waals surface area contributed by atoms with Crippen molar-refractivity contribution >= 4 is 63.4 Å². The number of hydrogen-bond donors (Lipinski definition) is 2. The molecule has 2 aliphatic carbocycles. The first kappa shape index (κ1) is 30.9. The molecule has 37 heavy (non-hydrogen) atoms. The smallest absolute Gasteiger partial charge is 0.281 e. The minimum Gasteiger partial charge on any atom is -0.281 e. The number of rotatable bonds is 12. The summed E-state index contributed by atoms with van der Waals surface area (Å²) < 4.78 is 10.8. The van der Waals surface area contributed by atoms with Crippen LogP contribution in [0.15, 0.2) is 28.6 Å². The minimum absolute atomic E-state index is 0.0905. The number of thiazole rings is 1. The Morgan fingerprint density at radius 3 is 1.95 bits per heavy atom. The van der Waals surface area contributed by atoms with Gasteiger partial charge in [-0.05, 0) is 86.5 Å². The fraction of sp³-hybridized carbons (Fsp3) is 0.714. The number of nitrogens with one attached hydrogen (secondary N) is 2. The van der Waals surface area contributed by atoms with E-state index >= 15 is 0 Å². The molecule has 2 aliphatic rings. The first-order valence-corrected chi connectivity index (χ1v) is 17.9. The molecule has 2 N–H and O–H groups in total. The number of nitrogens with zero attached hydrogens (tertiary/aromatic N) is 2. The number of unbranched alkanes of at least 4 members (excludes halogenated alkanes) is 2. The maximum atomic E-state index is 11.1. The molecule has 2 fully saturated rings. The average molecular weight is 583 g/mol. The number of para-hydroxylation sites is 1. The van der Waals surface area contributed by atoms with Crippen molar-refractivity contribution in [2.75, 3.05) is 11.5 Å². The van der Waals surface area contributed by atoms with E-state index in [9.17, 15) is 4.79 Å². The number of aromatic nitrogens is 1. The highest BCUT2D eigenvalue weighted by molar-refractivity contribution is 7.99. The molecule has 2 aromatic rings. The highest BCUT2D eigenvalue weighted by atomic mass is 32.2. The average Bonchev–Trinajstić information content (AvgIpc) is 3.36. The third-order valence-corrected chi connectivity index (χ3v) is 10.9. The third-order valence-electron chi connectivity index (χ3n) is 6.86. The number of urea groups is 1. The van der Waals surface area contributed by atoms with Gasteiger partial charge in [0, 0.05) is 23.6 Å². The van der Waals surface area contributed by atoms with Crippen molar-refractivity contribution in [3.8, 4) is 0 Å². The molecule has 0 aliphatic heterocycles. The number of carbonyl (C=O) groups excluding carboxylic acids is 1. The van der Waals surface area contributed by atoms with E-state index in [4.69, 9.17) is 4.98 Å². The van der Waals surface area contributed by atoms with Crippen molar-refractivity contribution in [1.29, 1.82) is 0 Å². The van der Waals surface area contributed by atoms with E-state index in [0.717, 1.165) is 41.9 Å². The van der Waals surface area contributed by atoms with Crippen LogP contribution < -0.4 is 9.44 Å². The summed E-state index contributed by atoms with van der Waals surface area (Å²) in [4.78, 5) is 16.0. The van der Waals surface area contributed by atoms with Gasteiger partial charge in [-0.25, -0.2) is 14.1 Å². The number of benzene rings is 1. The number of amides is 2. The van der Waals surface area contributed by atoms with Gasteiger partial charge in [-0.3, -0.25) is 9.44 Å². The zero-order valence-electron chi connectivity index (χ0n) is 22.7. The lowest BCUT2D eigenvalue weighted by molar-refractivity contribution is 0.185. The Bertz CT molecular complexity index is 819. The second-order valence-electron chi connectivity index (χ2n) is 9.92. The first-order valence-electron chi connectivity index (χ1n) is 14.3. The van der Waals surface area contributed by atoms with Crippen molar-refractivity contribution in [2.24, 2.45) is 0 Å². The summed E-state index contributed by atoms with van der Waals surface area (Å²) in [6.07, 6.45) is 18.7. The summed E-state index contributed by atoms with van der Waals surface area (Å²) in [5.41, 5.74) is 1.16. The fourth-order valence-corrected chi connectivity index (χ4v) is 8.70.